The highest BCUT2D eigenvalue weighted by atomic mass is 19.1. The molecule has 0 aliphatic heterocycles. The lowest BCUT2D eigenvalue weighted by atomic mass is 10.2. The SMILES string of the molecule is CC(C)NC(CO)CCOc1ccccc1F. The van der Waals surface area contributed by atoms with E-state index < -0.39 is 0 Å². The predicted octanol–water partition coefficient (Wildman–Crippen LogP) is 1.95. The summed E-state index contributed by atoms with van der Waals surface area (Å²) in [5.74, 6) is -0.0985. The Morgan fingerprint density at radius 1 is 1.35 bits per heavy atom. The second kappa shape index (κ2) is 7.25. The lowest BCUT2D eigenvalue weighted by Crippen LogP contribution is -2.38. The van der Waals surface area contributed by atoms with E-state index in [0.717, 1.165) is 0 Å². The van der Waals surface area contributed by atoms with Gasteiger partial charge in [0.15, 0.2) is 11.6 Å². The Bertz CT molecular complexity index is 331. The number of aliphatic hydroxyl groups excluding tert-OH is 1. The maximum atomic E-state index is 13.2. The van der Waals surface area contributed by atoms with Crippen LogP contribution in [-0.4, -0.2) is 30.4 Å². The van der Waals surface area contributed by atoms with Crippen molar-refractivity contribution < 1.29 is 14.2 Å². The van der Waals surface area contributed by atoms with Crippen LogP contribution in [0, 0.1) is 5.82 Å². The number of halogens is 1. The molecule has 0 spiro atoms. The molecule has 0 radical (unpaired) electrons. The van der Waals surface area contributed by atoms with Gasteiger partial charge in [-0.25, -0.2) is 4.39 Å². The van der Waals surface area contributed by atoms with Crippen molar-refractivity contribution in [2.24, 2.45) is 0 Å². The highest BCUT2D eigenvalue weighted by Crippen LogP contribution is 2.15. The van der Waals surface area contributed by atoms with Gasteiger partial charge in [0.2, 0.25) is 0 Å². The quantitative estimate of drug-likeness (QED) is 0.766. The molecule has 2 N–H and O–H groups in total. The van der Waals surface area contributed by atoms with Crippen LogP contribution < -0.4 is 10.1 Å². The number of benzene rings is 1. The Morgan fingerprint density at radius 3 is 2.65 bits per heavy atom. The van der Waals surface area contributed by atoms with Crippen molar-refractivity contribution in [2.75, 3.05) is 13.2 Å². The van der Waals surface area contributed by atoms with E-state index in [4.69, 9.17) is 9.84 Å². The van der Waals surface area contributed by atoms with Crippen molar-refractivity contribution in [1.82, 2.24) is 5.32 Å². The molecule has 0 amide bonds. The van der Waals surface area contributed by atoms with Gasteiger partial charge in [0.25, 0.3) is 0 Å². The molecule has 1 rings (SSSR count). The molecule has 0 heterocycles. The summed E-state index contributed by atoms with van der Waals surface area (Å²) >= 11 is 0. The van der Waals surface area contributed by atoms with Gasteiger partial charge in [-0.1, -0.05) is 26.0 Å². The summed E-state index contributed by atoms with van der Waals surface area (Å²) in [5.41, 5.74) is 0. The predicted molar refractivity (Wildman–Crippen MR) is 65.7 cm³/mol. The Labute approximate surface area is 102 Å². The molecule has 4 heteroatoms. The van der Waals surface area contributed by atoms with Gasteiger partial charge in [-0.15, -0.1) is 0 Å². The summed E-state index contributed by atoms with van der Waals surface area (Å²) in [6.45, 7) is 4.46. The van der Waals surface area contributed by atoms with Crippen molar-refractivity contribution in [3.05, 3.63) is 30.1 Å². The van der Waals surface area contributed by atoms with E-state index in [1.165, 1.54) is 6.07 Å². The average molecular weight is 241 g/mol. The van der Waals surface area contributed by atoms with Crippen LogP contribution in [0.25, 0.3) is 0 Å². The largest absolute Gasteiger partial charge is 0.490 e. The molecule has 1 unspecified atom stereocenters. The topological polar surface area (TPSA) is 41.5 Å². The average Bonchev–Trinajstić information content (AvgIpc) is 2.29. The van der Waals surface area contributed by atoms with Gasteiger partial charge in [-0.3, -0.25) is 0 Å². The van der Waals surface area contributed by atoms with Crippen molar-refractivity contribution in [2.45, 2.75) is 32.4 Å². The van der Waals surface area contributed by atoms with Crippen molar-refractivity contribution in [3.8, 4) is 5.75 Å². The van der Waals surface area contributed by atoms with Crippen LogP contribution in [0.15, 0.2) is 24.3 Å². The number of para-hydroxylation sites is 1. The zero-order chi connectivity index (χ0) is 12.7. The highest BCUT2D eigenvalue weighted by molar-refractivity contribution is 5.23. The maximum Gasteiger partial charge on any atom is 0.165 e. The van der Waals surface area contributed by atoms with Gasteiger partial charge in [0, 0.05) is 12.1 Å². The molecule has 17 heavy (non-hydrogen) atoms. The molecule has 0 fully saturated rings. The molecule has 0 saturated carbocycles. The molecule has 1 atom stereocenters. The summed E-state index contributed by atoms with van der Waals surface area (Å²) in [6.07, 6.45) is 0.642. The lowest BCUT2D eigenvalue weighted by Gasteiger charge is -2.19. The van der Waals surface area contributed by atoms with Gasteiger partial charge in [-0.05, 0) is 18.6 Å². The fraction of sp³-hybridized carbons (Fsp3) is 0.538. The van der Waals surface area contributed by atoms with E-state index >= 15 is 0 Å². The number of hydrogen-bond donors (Lipinski definition) is 2. The molecule has 1 aromatic rings. The highest BCUT2D eigenvalue weighted by Gasteiger charge is 2.09. The minimum atomic E-state index is -0.357. The standard InChI is InChI=1S/C13H20FNO2/c1-10(2)15-11(9-16)7-8-17-13-6-4-3-5-12(13)14/h3-6,10-11,15-16H,7-9H2,1-2H3. The number of nitrogens with one attached hydrogen (secondary N) is 1. The van der Waals surface area contributed by atoms with Crippen molar-refractivity contribution in [3.63, 3.8) is 0 Å². The van der Waals surface area contributed by atoms with Crippen LogP contribution in [0.2, 0.25) is 0 Å². The van der Waals surface area contributed by atoms with Crippen LogP contribution in [0.5, 0.6) is 5.75 Å². The normalized spacial score (nSPS) is 12.8. The molecular formula is C13H20FNO2. The maximum absolute atomic E-state index is 13.2. The number of rotatable bonds is 7. The lowest BCUT2D eigenvalue weighted by molar-refractivity contribution is 0.200. The third kappa shape index (κ3) is 5.15. The number of aliphatic hydroxyl groups is 1. The summed E-state index contributed by atoms with van der Waals surface area (Å²) < 4.78 is 18.5. The van der Waals surface area contributed by atoms with Crippen LogP contribution >= 0.6 is 0 Å². The summed E-state index contributed by atoms with van der Waals surface area (Å²) in [5, 5.41) is 12.3. The zero-order valence-corrected chi connectivity index (χ0v) is 10.3. The van der Waals surface area contributed by atoms with Gasteiger partial charge >= 0.3 is 0 Å². The Kier molecular flexibility index (Phi) is 5.94. The molecule has 3 nitrogen and oxygen atoms in total. The molecule has 0 aliphatic carbocycles. The molecule has 96 valence electrons. The second-order valence-electron chi connectivity index (χ2n) is 4.27. The summed E-state index contributed by atoms with van der Waals surface area (Å²) in [6, 6.07) is 6.61. The Balaban J connectivity index is 2.34. The summed E-state index contributed by atoms with van der Waals surface area (Å²) in [4.78, 5) is 0. The third-order valence-electron chi connectivity index (χ3n) is 2.35. The molecule has 0 aromatic heterocycles. The Morgan fingerprint density at radius 2 is 2.06 bits per heavy atom. The Hall–Kier alpha value is -1.13. The number of ether oxygens (including phenoxy) is 1. The van der Waals surface area contributed by atoms with E-state index in [2.05, 4.69) is 5.32 Å². The first-order chi connectivity index (χ1) is 8.13. The molecule has 0 saturated heterocycles. The first-order valence-electron chi connectivity index (χ1n) is 5.87. The van der Waals surface area contributed by atoms with Gasteiger partial charge in [-0.2, -0.15) is 0 Å². The van der Waals surface area contributed by atoms with Crippen LogP contribution in [0.4, 0.5) is 4.39 Å². The smallest absolute Gasteiger partial charge is 0.165 e. The van der Waals surface area contributed by atoms with Crippen molar-refractivity contribution >= 4 is 0 Å². The minimum Gasteiger partial charge on any atom is -0.490 e. The first kappa shape index (κ1) is 13.9. The number of hydrogen-bond acceptors (Lipinski definition) is 3. The van der Waals surface area contributed by atoms with Crippen LogP contribution in [-0.2, 0) is 0 Å². The zero-order valence-electron chi connectivity index (χ0n) is 10.3. The van der Waals surface area contributed by atoms with Crippen molar-refractivity contribution in [1.29, 1.82) is 0 Å². The second-order valence-corrected chi connectivity index (χ2v) is 4.27. The van der Waals surface area contributed by atoms with E-state index in [1.807, 2.05) is 13.8 Å². The van der Waals surface area contributed by atoms with Gasteiger partial charge in [0.05, 0.1) is 13.2 Å². The van der Waals surface area contributed by atoms with E-state index in [-0.39, 0.29) is 24.2 Å². The van der Waals surface area contributed by atoms with Crippen LogP contribution in [0.3, 0.4) is 0 Å². The van der Waals surface area contributed by atoms with Crippen LogP contribution in [0.1, 0.15) is 20.3 Å². The molecule has 0 bridgehead atoms. The third-order valence-corrected chi connectivity index (χ3v) is 2.35. The molecule has 0 aliphatic rings. The fourth-order valence-corrected chi connectivity index (χ4v) is 1.57. The summed E-state index contributed by atoms with van der Waals surface area (Å²) in [7, 11) is 0. The van der Waals surface area contributed by atoms with E-state index in [9.17, 15) is 4.39 Å². The molecular weight excluding hydrogens is 221 g/mol. The minimum absolute atomic E-state index is 0.0122. The molecule has 1 aromatic carbocycles. The van der Waals surface area contributed by atoms with Gasteiger partial charge in [0.1, 0.15) is 0 Å². The van der Waals surface area contributed by atoms with Gasteiger partial charge < -0.3 is 15.2 Å². The van der Waals surface area contributed by atoms with E-state index in [0.29, 0.717) is 19.1 Å². The van der Waals surface area contributed by atoms with E-state index in [1.54, 1.807) is 18.2 Å². The monoisotopic (exact) mass is 241 g/mol. The fourth-order valence-electron chi connectivity index (χ4n) is 1.57. The first-order valence-corrected chi connectivity index (χ1v) is 5.87.